The molecule has 15 heteroatoms. The molecule has 45 heavy (non-hydrogen) atoms. The van der Waals surface area contributed by atoms with Gasteiger partial charge < -0.3 is 19.6 Å². The van der Waals surface area contributed by atoms with Gasteiger partial charge in [0.2, 0.25) is 11.8 Å². The van der Waals surface area contributed by atoms with Crippen LogP contribution in [0.1, 0.15) is 16.7 Å². The maximum absolute atomic E-state index is 14.1. The Hall–Kier alpha value is -4.33. The number of nitrogens with one attached hydrogen (secondary N) is 1. The summed E-state index contributed by atoms with van der Waals surface area (Å²) in [5.74, 6) is -0.592. The number of aromatic nitrogens is 1. The highest BCUT2D eigenvalue weighted by Crippen LogP contribution is 2.37. The summed E-state index contributed by atoms with van der Waals surface area (Å²) in [6.07, 6.45) is -0.663. The smallest absolute Gasteiger partial charge is 0.404 e. The Morgan fingerprint density at radius 2 is 1.78 bits per heavy atom. The molecule has 0 unspecified atom stereocenters. The van der Waals surface area contributed by atoms with Crippen LogP contribution in [-0.2, 0) is 33.7 Å². The first-order chi connectivity index (χ1) is 21.6. The first kappa shape index (κ1) is 30.7. The standard InChI is InChI=1S/C30H31N6O7PS/c1-33-18-28(37)35-25(13-20-7-10-23(11-8-20)43-44(40,41)42)29(38)34(16-22-9-12-24-26(14-22)45-19-32-24)17-27(35)36(33)30(39)31-15-21-5-3-2-4-6-21/h2-12,14,19,25,27H,13,15-18H2,1H3,(H,31,39)(H2,40,41,42)/t25-,27-/m0/s1. The molecule has 3 heterocycles. The quantitative estimate of drug-likeness (QED) is 0.244. The Morgan fingerprint density at radius 1 is 1.04 bits per heavy atom. The fourth-order valence-electron chi connectivity index (χ4n) is 5.77. The van der Waals surface area contributed by atoms with Crippen LogP contribution in [0.5, 0.6) is 5.75 Å². The highest BCUT2D eigenvalue weighted by Gasteiger charge is 2.50. The molecule has 13 nitrogen and oxygen atoms in total. The van der Waals surface area contributed by atoms with Crippen LogP contribution in [-0.4, -0.2) is 84.8 Å². The van der Waals surface area contributed by atoms with Gasteiger partial charge in [-0.15, -0.1) is 11.3 Å². The number of urea groups is 1. The zero-order valence-electron chi connectivity index (χ0n) is 24.2. The molecular formula is C30H31N6O7PS. The number of phosphoric acid groups is 1. The largest absolute Gasteiger partial charge is 0.524 e. The monoisotopic (exact) mass is 650 g/mol. The number of phosphoric ester groups is 1. The normalized spacial score (nSPS) is 19.1. The summed E-state index contributed by atoms with van der Waals surface area (Å²) in [5.41, 5.74) is 5.08. The summed E-state index contributed by atoms with van der Waals surface area (Å²) in [6.45, 7) is 0.546. The molecular weight excluding hydrogens is 619 g/mol. The molecule has 0 spiro atoms. The molecule has 1 aromatic heterocycles. The number of carbonyl (C=O) groups excluding carboxylic acids is 3. The van der Waals surface area contributed by atoms with Crippen LogP contribution >= 0.6 is 19.2 Å². The second-order valence-corrected chi connectivity index (χ2v) is 13.0. The summed E-state index contributed by atoms with van der Waals surface area (Å²) in [7, 11) is -3.07. The number of hydrogen-bond acceptors (Lipinski definition) is 8. The fraction of sp³-hybridized carbons (Fsp3) is 0.267. The van der Waals surface area contributed by atoms with Crippen molar-refractivity contribution in [3.05, 3.63) is 95.0 Å². The van der Waals surface area contributed by atoms with Crippen molar-refractivity contribution in [1.29, 1.82) is 0 Å². The zero-order valence-corrected chi connectivity index (χ0v) is 25.9. The highest BCUT2D eigenvalue weighted by atomic mass is 32.1. The SMILES string of the molecule is CN1CC(=O)N2[C@@H](Cc3ccc(OP(=O)(O)O)cc3)C(=O)N(Cc3ccc4ncsc4c3)C[C@@H]2N1C(=O)NCc1ccccc1. The molecule has 3 N–H and O–H groups in total. The topological polar surface area (TPSA) is 156 Å². The third kappa shape index (κ3) is 6.85. The lowest BCUT2D eigenvalue weighted by Gasteiger charge is -2.54. The molecule has 0 bridgehead atoms. The highest BCUT2D eigenvalue weighted by molar-refractivity contribution is 7.46. The van der Waals surface area contributed by atoms with E-state index in [1.54, 1.807) is 34.6 Å². The summed E-state index contributed by atoms with van der Waals surface area (Å²) in [6, 6.07) is 19.9. The van der Waals surface area contributed by atoms with Crippen LogP contribution in [0.25, 0.3) is 10.2 Å². The molecule has 0 radical (unpaired) electrons. The predicted octanol–water partition coefficient (Wildman–Crippen LogP) is 2.95. The van der Waals surface area contributed by atoms with E-state index in [9.17, 15) is 18.9 Å². The molecule has 2 aliphatic rings. The zero-order chi connectivity index (χ0) is 31.7. The lowest BCUT2D eigenvalue weighted by atomic mass is 9.98. The van der Waals surface area contributed by atoms with E-state index < -0.39 is 26.1 Å². The van der Waals surface area contributed by atoms with Crippen molar-refractivity contribution in [2.24, 2.45) is 0 Å². The molecule has 2 saturated heterocycles. The molecule has 0 aliphatic carbocycles. The maximum atomic E-state index is 14.1. The number of fused-ring (bicyclic) bond motifs is 2. The van der Waals surface area contributed by atoms with Crippen LogP contribution < -0.4 is 9.84 Å². The Labute approximate surface area is 262 Å². The predicted molar refractivity (Wildman–Crippen MR) is 165 cm³/mol. The van der Waals surface area contributed by atoms with Gasteiger partial charge in [0.25, 0.3) is 0 Å². The third-order valence-corrected chi connectivity index (χ3v) is 9.02. The van der Waals surface area contributed by atoms with Crippen molar-refractivity contribution in [2.45, 2.75) is 31.7 Å². The number of amides is 4. The number of rotatable bonds is 8. The van der Waals surface area contributed by atoms with Gasteiger partial charge in [-0.3, -0.25) is 19.4 Å². The van der Waals surface area contributed by atoms with Gasteiger partial charge in [-0.2, -0.15) is 0 Å². The average molecular weight is 651 g/mol. The fourth-order valence-corrected chi connectivity index (χ4v) is 6.90. The number of benzene rings is 3. The summed E-state index contributed by atoms with van der Waals surface area (Å²) in [5, 5.41) is 6.03. The van der Waals surface area contributed by atoms with E-state index >= 15 is 0 Å². The van der Waals surface area contributed by atoms with Crippen LogP contribution in [0.2, 0.25) is 0 Å². The van der Waals surface area contributed by atoms with E-state index in [1.165, 1.54) is 33.4 Å². The number of likely N-dealkylation sites (N-methyl/N-ethyl adjacent to an activating group) is 1. The van der Waals surface area contributed by atoms with E-state index in [0.717, 1.165) is 21.3 Å². The summed E-state index contributed by atoms with van der Waals surface area (Å²) < 4.78 is 16.9. The Kier molecular flexibility index (Phi) is 8.58. The van der Waals surface area contributed by atoms with Gasteiger partial charge in [0.1, 0.15) is 18.0 Å². The molecule has 4 amide bonds. The van der Waals surface area contributed by atoms with Crippen LogP contribution in [0.4, 0.5) is 4.79 Å². The van der Waals surface area contributed by atoms with E-state index in [-0.39, 0.29) is 50.2 Å². The van der Waals surface area contributed by atoms with Gasteiger partial charge >= 0.3 is 13.9 Å². The van der Waals surface area contributed by atoms with Gasteiger partial charge in [0.05, 0.1) is 28.8 Å². The summed E-state index contributed by atoms with van der Waals surface area (Å²) in [4.78, 5) is 67.1. The minimum absolute atomic E-state index is 0.0306. The Bertz CT molecular complexity index is 1770. The molecule has 234 valence electrons. The minimum atomic E-state index is -4.74. The molecule has 3 aromatic carbocycles. The van der Waals surface area contributed by atoms with Crippen molar-refractivity contribution in [3.63, 3.8) is 0 Å². The van der Waals surface area contributed by atoms with Gasteiger partial charge in [-0.1, -0.05) is 48.5 Å². The van der Waals surface area contributed by atoms with Crippen molar-refractivity contribution in [1.82, 2.24) is 30.1 Å². The van der Waals surface area contributed by atoms with Gasteiger partial charge in [0, 0.05) is 26.6 Å². The minimum Gasteiger partial charge on any atom is -0.404 e. The summed E-state index contributed by atoms with van der Waals surface area (Å²) >= 11 is 1.50. The van der Waals surface area contributed by atoms with Gasteiger partial charge in [0.15, 0.2) is 0 Å². The van der Waals surface area contributed by atoms with E-state index in [1.807, 2.05) is 48.5 Å². The van der Waals surface area contributed by atoms with Crippen LogP contribution in [0, 0.1) is 0 Å². The number of thiazole rings is 1. The number of hydrogen-bond donors (Lipinski definition) is 3. The number of piperazine rings is 1. The van der Waals surface area contributed by atoms with Gasteiger partial charge in [-0.05, 0) is 41.0 Å². The second kappa shape index (κ2) is 12.6. The number of carbonyl (C=O) groups is 3. The third-order valence-electron chi connectivity index (χ3n) is 7.78. The van der Waals surface area contributed by atoms with E-state index in [0.29, 0.717) is 5.56 Å². The van der Waals surface area contributed by atoms with Crippen LogP contribution in [0.3, 0.4) is 0 Å². The van der Waals surface area contributed by atoms with Crippen molar-refractivity contribution in [2.75, 3.05) is 20.1 Å². The lowest BCUT2D eigenvalue weighted by Crippen LogP contribution is -2.76. The Balaban J connectivity index is 1.30. The average Bonchev–Trinajstić information content (AvgIpc) is 3.47. The molecule has 4 aromatic rings. The molecule has 0 saturated carbocycles. The van der Waals surface area contributed by atoms with Crippen molar-refractivity contribution < 1.29 is 33.3 Å². The van der Waals surface area contributed by atoms with Crippen LogP contribution in [0.15, 0.2) is 78.3 Å². The molecule has 2 atom stereocenters. The lowest BCUT2D eigenvalue weighted by molar-refractivity contribution is -0.187. The number of hydrazine groups is 1. The number of nitrogens with zero attached hydrogens (tertiary/aromatic N) is 5. The molecule has 6 rings (SSSR count). The van der Waals surface area contributed by atoms with Gasteiger partial charge in [-0.25, -0.2) is 24.4 Å². The maximum Gasteiger partial charge on any atom is 0.524 e. The van der Waals surface area contributed by atoms with E-state index in [2.05, 4.69) is 14.8 Å². The Morgan fingerprint density at radius 3 is 2.51 bits per heavy atom. The first-order valence-electron chi connectivity index (χ1n) is 14.1. The first-order valence-corrected chi connectivity index (χ1v) is 16.5. The van der Waals surface area contributed by atoms with Crippen molar-refractivity contribution in [3.8, 4) is 5.75 Å². The van der Waals surface area contributed by atoms with Crippen molar-refractivity contribution >= 4 is 47.2 Å². The molecule has 2 fully saturated rings. The molecule has 2 aliphatic heterocycles. The van der Waals surface area contributed by atoms with E-state index in [4.69, 9.17) is 9.79 Å². The second-order valence-electron chi connectivity index (χ2n) is 10.9.